The van der Waals surface area contributed by atoms with Gasteiger partial charge in [0.2, 0.25) is 0 Å². The van der Waals surface area contributed by atoms with Gasteiger partial charge in [0.05, 0.1) is 38.1 Å². The molecule has 2 amide bonds. The number of morpholine rings is 1. The summed E-state index contributed by atoms with van der Waals surface area (Å²) >= 11 is 3.45. The quantitative estimate of drug-likeness (QED) is 0.704. The van der Waals surface area contributed by atoms with Crippen molar-refractivity contribution >= 4 is 33.4 Å². The van der Waals surface area contributed by atoms with Crippen LogP contribution in [0.4, 0.5) is 5.69 Å². The molecule has 0 radical (unpaired) electrons. The third-order valence-corrected chi connectivity index (χ3v) is 5.71. The number of nitrogens with zero attached hydrogens (tertiary/aromatic N) is 2. The zero-order chi connectivity index (χ0) is 20.4. The van der Waals surface area contributed by atoms with Crippen molar-refractivity contribution in [3.05, 3.63) is 52.5 Å². The number of benzene rings is 2. The van der Waals surface area contributed by atoms with E-state index in [9.17, 15) is 9.59 Å². The smallest absolute Gasteiger partial charge is 0.265 e. The van der Waals surface area contributed by atoms with Gasteiger partial charge < -0.3 is 24.0 Å². The Labute approximate surface area is 177 Å². The van der Waals surface area contributed by atoms with E-state index in [2.05, 4.69) is 15.9 Å². The lowest BCUT2D eigenvalue weighted by molar-refractivity contribution is -0.142. The Morgan fingerprint density at radius 2 is 1.90 bits per heavy atom. The fourth-order valence-corrected chi connectivity index (χ4v) is 3.90. The molecule has 8 heteroatoms. The number of anilines is 1. The highest BCUT2D eigenvalue weighted by molar-refractivity contribution is 9.10. The van der Waals surface area contributed by atoms with Crippen molar-refractivity contribution in [2.24, 2.45) is 0 Å². The molecule has 1 fully saturated rings. The molecule has 2 heterocycles. The van der Waals surface area contributed by atoms with Gasteiger partial charge in [-0.15, -0.1) is 0 Å². The molecule has 1 unspecified atom stereocenters. The summed E-state index contributed by atoms with van der Waals surface area (Å²) in [6.45, 7) is 2.20. The summed E-state index contributed by atoms with van der Waals surface area (Å²) in [5, 5.41) is 0. The van der Waals surface area contributed by atoms with Gasteiger partial charge in [-0.3, -0.25) is 9.59 Å². The van der Waals surface area contributed by atoms with Crippen molar-refractivity contribution < 1.29 is 23.8 Å². The van der Waals surface area contributed by atoms with Gasteiger partial charge in [-0.25, -0.2) is 0 Å². The maximum Gasteiger partial charge on any atom is 0.265 e. The summed E-state index contributed by atoms with van der Waals surface area (Å²) < 4.78 is 17.2. The zero-order valence-corrected chi connectivity index (χ0v) is 17.6. The van der Waals surface area contributed by atoms with Crippen molar-refractivity contribution in [1.82, 2.24) is 4.90 Å². The summed E-state index contributed by atoms with van der Waals surface area (Å²) in [5.41, 5.74) is 1.09. The van der Waals surface area contributed by atoms with E-state index < -0.39 is 6.10 Å². The van der Waals surface area contributed by atoms with Crippen molar-refractivity contribution in [3.8, 4) is 11.5 Å². The molecule has 4 rings (SSSR count). The molecule has 2 aliphatic heterocycles. The highest BCUT2D eigenvalue weighted by Crippen LogP contribution is 2.36. The first-order valence-corrected chi connectivity index (χ1v) is 10.2. The first-order valence-electron chi connectivity index (χ1n) is 9.36. The lowest BCUT2D eigenvalue weighted by Gasteiger charge is -2.37. The van der Waals surface area contributed by atoms with E-state index in [1.165, 1.54) is 0 Å². The van der Waals surface area contributed by atoms with Crippen LogP contribution in [0.15, 0.2) is 46.9 Å². The Morgan fingerprint density at radius 3 is 2.66 bits per heavy atom. The van der Waals surface area contributed by atoms with E-state index in [0.29, 0.717) is 53.5 Å². The van der Waals surface area contributed by atoms with Crippen molar-refractivity contribution in [2.45, 2.75) is 6.10 Å². The van der Waals surface area contributed by atoms with E-state index >= 15 is 0 Å². The SMILES string of the molecule is COc1ccc(Br)c(C(=O)N2CC(C(=O)N3CCOCC3)Oc3ccccc32)c1. The van der Waals surface area contributed by atoms with Gasteiger partial charge in [0.1, 0.15) is 11.5 Å². The van der Waals surface area contributed by atoms with Crippen LogP contribution < -0.4 is 14.4 Å². The average molecular weight is 461 g/mol. The number of hydrogen-bond donors (Lipinski definition) is 0. The molecule has 7 nitrogen and oxygen atoms in total. The van der Waals surface area contributed by atoms with Gasteiger partial charge in [-0.1, -0.05) is 12.1 Å². The Balaban J connectivity index is 1.66. The van der Waals surface area contributed by atoms with Gasteiger partial charge >= 0.3 is 0 Å². The third-order valence-electron chi connectivity index (χ3n) is 5.02. The van der Waals surface area contributed by atoms with Gasteiger partial charge in [0.25, 0.3) is 11.8 Å². The van der Waals surface area contributed by atoms with Crippen LogP contribution in [0.1, 0.15) is 10.4 Å². The molecule has 0 spiro atoms. The second-order valence-corrected chi connectivity index (χ2v) is 7.63. The van der Waals surface area contributed by atoms with Crippen LogP contribution in [0.3, 0.4) is 0 Å². The average Bonchev–Trinajstić information content (AvgIpc) is 2.78. The van der Waals surface area contributed by atoms with Gasteiger partial charge in [-0.2, -0.15) is 0 Å². The third kappa shape index (κ3) is 3.95. The van der Waals surface area contributed by atoms with Gasteiger partial charge in [-0.05, 0) is 46.3 Å². The minimum atomic E-state index is -0.767. The first-order chi connectivity index (χ1) is 14.1. The molecule has 1 saturated heterocycles. The number of amides is 2. The van der Waals surface area contributed by atoms with Crippen molar-refractivity contribution in [3.63, 3.8) is 0 Å². The van der Waals surface area contributed by atoms with Gasteiger partial charge in [0, 0.05) is 17.6 Å². The minimum absolute atomic E-state index is 0.134. The second kappa shape index (κ2) is 8.42. The maximum absolute atomic E-state index is 13.4. The second-order valence-electron chi connectivity index (χ2n) is 6.77. The largest absolute Gasteiger partial charge is 0.497 e. The number of methoxy groups -OCH3 is 1. The Hall–Kier alpha value is -2.58. The number of rotatable bonds is 3. The van der Waals surface area contributed by atoms with Crippen LogP contribution in [-0.4, -0.2) is 62.8 Å². The predicted octanol–water partition coefficient (Wildman–Crippen LogP) is 2.72. The summed E-state index contributed by atoms with van der Waals surface area (Å²) in [7, 11) is 1.55. The summed E-state index contributed by atoms with van der Waals surface area (Å²) in [6, 6.07) is 12.5. The number of carbonyl (C=O) groups excluding carboxylic acids is 2. The number of hydrogen-bond acceptors (Lipinski definition) is 5. The Kier molecular flexibility index (Phi) is 5.73. The van der Waals surface area contributed by atoms with E-state index in [1.54, 1.807) is 41.2 Å². The fourth-order valence-electron chi connectivity index (χ4n) is 3.48. The molecule has 2 aliphatic rings. The van der Waals surface area contributed by atoms with Crippen LogP contribution in [0.2, 0.25) is 0 Å². The van der Waals surface area contributed by atoms with Crippen molar-refractivity contribution in [2.75, 3.05) is 44.9 Å². The molecule has 1 atom stereocenters. The fraction of sp³-hybridized carbons (Fsp3) is 0.333. The lowest BCUT2D eigenvalue weighted by Crippen LogP contribution is -2.54. The highest BCUT2D eigenvalue weighted by atomic mass is 79.9. The topological polar surface area (TPSA) is 68.3 Å². The molecule has 152 valence electrons. The molecule has 0 saturated carbocycles. The van der Waals surface area contributed by atoms with E-state index in [4.69, 9.17) is 14.2 Å². The Bertz CT molecular complexity index is 929. The van der Waals surface area contributed by atoms with Crippen LogP contribution in [0, 0.1) is 0 Å². The lowest BCUT2D eigenvalue weighted by atomic mass is 10.1. The van der Waals surface area contributed by atoms with Crippen LogP contribution in [0.25, 0.3) is 0 Å². The number of fused-ring (bicyclic) bond motifs is 1. The molecular formula is C21H21BrN2O5. The summed E-state index contributed by atoms with van der Waals surface area (Å²) in [6.07, 6.45) is -0.767. The molecule has 29 heavy (non-hydrogen) atoms. The zero-order valence-electron chi connectivity index (χ0n) is 16.0. The van der Waals surface area contributed by atoms with E-state index in [0.717, 1.165) is 0 Å². The number of halogens is 1. The summed E-state index contributed by atoms with van der Waals surface area (Å²) in [4.78, 5) is 29.8. The molecule has 2 aromatic rings. The standard InChI is InChI=1S/C21H21BrN2O5/c1-27-14-6-7-16(22)15(12-14)20(25)24-13-19(21(26)23-8-10-28-11-9-23)29-18-5-3-2-4-17(18)24/h2-7,12,19H,8-11,13H2,1H3. The van der Waals surface area contributed by atoms with Crippen molar-refractivity contribution in [1.29, 1.82) is 0 Å². The molecule has 0 bridgehead atoms. The minimum Gasteiger partial charge on any atom is -0.497 e. The first kappa shape index (κ1) is 19.7. The summed E-state index contributed by atoms with van der Waals surface area (Å²) in [5.74, 6) is 0.730. The molecule has 0 N–H and O–H groups in total. The van der Waals surface area contributed by atoms with Crippen LogP contribution >= 0.6 is 15.9 Å². The van der Waals surface area contributed by atoms with Crippen LogP contribution in [-0.2, 0) is 9.53 Å². The van der Waals surface area contributed by atoms with E-state index in [1.807, 2.05) is 18.2 Å². The predicted molar refractivity (Wildman–Crippen MR) is 111 cm³/mol. The molecule has 0 aromatic heterocycles. The van der Waals surface area contributed by atoms with E-state index in [-0.39, 0.29) is 18.4 Å². The molecule has 2 aromatic carbocycles. The highest BCUT2D eigenvalue weighted by Gasteiger charge is 2.37. The van der Waals surface area contributed by atoms with Crippen LogP contribution in [0.5, 0.6) is 11.5 Å². The number of para-hydroxylation sites is 2. The normalized spacial score (nSPS) is 18.6. The Morgan fingerprint density at radius 1 is 1.14 bits per heavy atom. The van der Waals surface area contributed by atoms with Gasteiger partial charge in [0.15, 0.2) is 6.10 Å². The number of ether oxygens (including phenoxy) is 3. The molecule has 0 aliphatic carbocycles. The number of carbonyl (C=O) groups is 2. The maximum atomic E-state index is 13.4. The molecular weight excluding hydrogens is 440 g/mol. The monoisotopic (exact) mass is 460 g/mol.